The number of carbonyl (C=O) groups is 1. The number of carbonyl (C=O) groups excluding carboxylic acids is 1. The highest BCUT2D eigenvalue weighted by Crippen LogP contribution is 2.38. The number of benzene rings is 3. The minimum absolute atomic E-state index is 0.222. The zero-order chi connectivity index (χ0) is 26.9. The smallest absolute Gasteiger partial charge is 0.318 e. The molecule has 1 N–H and O–H groups in total. The molecule has 2 aromatic heterocycles. The molecule has 39 heavy (non-hydrogen) atoms. The highest BCUT2D eigenvalue weighted by Gasteiger charge is 2.36. The van der Waals surface area contributed by atoms with Crippen LogP contribution in [0.25, 0.3) is 11.5 Å². The second-order valence-electron chi connectivity index (χ2n) is 9.88. The van der Waals surface area contributed by atoms with Crippen molar-refractivity contribution in [2.24, 2.45) is 0 Å². The van der Waals surface area contributed by atoms with E-state index in [1.54, 1.807) is 11.0 Å². The average molecular weight is 520 g/mol. The number of fused-ring (bicyclic) bond motifs is 3. The molecule has 2 amide bonds. The van der Waals surface area contributed by atoms with E-state index in [1.165, 1.54) is 17.7 Å². The van der Waals surface area contributed by atoms with Gasteiger partial charge in [0.1, 0.15) is 11.6 Å². The molecule has 1 unspecified atom stereocenters. The Morgan fingerprint density at radius 2 is 1.79 bits per heavy atom. The van der Waals surface area contributed by atoms with Gasteiger partial charge in [-0.2, -0.15) is 5.10 Å². The number of amides is 2. The molecule has 0 bridgehead atoms. The van der Waals surface area contributed by atoms with Crippen LogP contribution < -0.4 is 5.32 Å². The monoisotopic (exact) mass is 519 g/mol. The third-order valence-corrected chi connectivity index (χ3v) is 7.29. The van der Waals surface area contributed by atoms with Gasteiger partial charge in [-0.1, -0.05) is 67.1 Å². The lowest BCUT2D eigenvalue weighted by atomic mass is 10.0. The van der Waals surface area contributed by atoms with Crippen molar-refractivity contribution < 1.29 is 9.18 Å². The van der Waals surface area contributed by atoms with Crippen LogP contribution in [0.3, 0.4) is 0 Å². The Morgan fingerprint density at radius 3 is 2.54 bits per heavy atom. The number of nitrogens with one attached hydrogen (secondary N) is 1. The fraction of sp³-hybridized carbons (Fsp3) is 0.188. The molecule has 7 heteroatoms. The number of hydrogen-bond acceptors (Lipinski definition) is 2. The molecule has 0 saturated heterocycles. The molecule has 3 heterocycles. The predicted molar refractivity (Wildman–Crippen MR) is 149 cm³/mol. The van der Waals surface area contributed by atoms with Crippen LogP contribution in [0, 0.1) is 12.7 Å². The molecule has 1 aliphatic rings. The Bertz CT molecular complexity index is 1620. The largest absolute Gasteiger partial charge is 0.334 e. The van der Waals surface area contributed by atoms with Crippen LogP contribution in [0.2, 0.25) is 0 Å². The van der Waals surface area contributed by atoms with Crippen LogP contribution in [0.5, 0.6) is 0 Å². The SMILES string of the molecule is CCc1nn(-c2ccccc2)c2c1CN(C(=O)NCc1ccc(C)cc1)C(c1cccc(F)c1)c1cccn1-2. The Labute approximate surface area is 227 Å². The van der Waals surface area contributed by atoms with Crippen molar-refractivity contribution in [2.45, 2.75) is 39.4 Å². The zero-order valence-electron chi connectivity index (χ0n) is 22.0. The van der Waals surface area contributed by atoms with Crippen LogP contribution in [0.15, 0.2) is 97.2 Å². The maximum absolute atomic E-state index is 14.5. The molecule has 196 valence electrons. The number of aromatic nitrogens is 3. The van der Waals surface area contributed by atoms with Gasteiger partial charge in [0.15, 0.2) is 0 Å². The second-order valence-corrected chi connectivity index (χ2v) is 9.88. The molecule has 6 nitrogen and oxygen atoms in total. The number of urea groups is 1. The minimum Gasteiger partial charge on any atom is -0.334 e. The Morgan fingerprint density at radius 1 is 1.00 bits per heavy atom. The molecule has 0 aliphatic carbocycles. The summed E-state index contributed by atoms with van der Waals surface area (Å²) >= 11 is 0. The van der Waals surface area contributed by atoms with E-state index in [-0.39, 0.29) is 11.8 Å². The van der Waals surface area contributed by atoms with Gasteiger partial charge in [-0.05, 0) is 60.9 Å². The van der Waals surface area contributed by atoms with E-state index in [1.807, 2.05) is 90.6 Å². The maximum atomic E-state index is 14.5. The molecular formula is C32H30FN5O. The van der Waals surface area contributed by atoms with Crippen LogP contribution >= 0.6 is 0 Å². The van der Waals surface area contributed by atoms with Crippen molar-refractivity contribution in [3.63, 3.8) is 0 Å². The zero-order valence-corrected chi connectivity index (χ0v) is 22.0. The summed E-state index contributed by atoms with van der Waals surface area (Å²) in [6, 6.07) is 27.9. The Hall–Kier alpha value is -4.65. The summed E-state index contributed by atoms with van der Waals surface area (Å²) in [6.07, 6.45) is 2.71. The summed E-state index contributed by atoms with van der Waals surface area (Å²) in [5.41, 5.74) is 6.59. The van der Waals surface area contributed by atoms with Gasteiger partial charge in [-0.25, -0.2) is 13.9 Å². The third-order valence-electron chi connectivity index (χ3n) is 7.29. The Kier molecular flexibility index (Phi) is 6.49. The van der Waals surface area contributed by atoms with Crippen LogP contribution in [-0.4, -0.2) is 25.3 Å². The first-order chi connectivity index (χ1) is 19.0. The first-order valence-electron chi connectivity index (χ1n) is 13.2. The number of hydrogen-bond donors (Lipinski definition) is 1. The highest BCUT2D eigenvalue weighted by atomic mass is 19.1. The quantitative estimate of drug-likeness (QED) is 0.289. The molecular weight excluding hydrogens is 489 g/mol. The number of aryl methyl sites for hydroxylation is 2. The number of halogens is 1. The molecule has 6 rings (SSSR count). The van der Waals surface area contributed by atoms with E-state index in [0.717, 1.165) is 34.0 Å². The molecule has 0 saturated carbocycles. The van der Waals surface area contributed by atoms with Crippen molar-refractivity contribution >= 4 is 6.03 Å². The fourth-order valence-electron chi connectivity index (χ4n) is 5.36. The normalized spacial score (nSPS) is 14.4. The molecule has 0 radical (unpaired) electrons. The van der Waals surface area contributed by atoms with Crippen molar-refractivity contribution in [1.29, 1.82) is 0 Å². The first kappa shape index (κ1) is 24.7. The first-order valence-corrected chi connectivity index (χ1v) is 13.2. The average Bonchev–Trinajstić information content (AvgIpc) is 3.54. The second kappa shape index (κ2) is 10.3. The standard InChI is InChI=1S/C32H30FN5O/c1-3-28-27-21-37(32(39)34-20-23-16-14-22(2)15-17-23)30(24-9-7-10-25(33)19-24)29-13-8-18-36(29)31(27)38(35-28)26-11-5-4-6-12-26/h4-19,30H,3,20-21H2,1-2H3,(H,34,39). The van der Waals surface area contributed by atoms with Gasteiger partial charge in [0, 0.05) is 18.3 Å². The summed E-state index contributed by atoms with van der Waals surface area (Å²) in [6.45, 7) is 4.83. The molecule has 3 aromatic carbocycles. The van der Waals surface area contributed by atoms with E-state index < -0.39 is 6.04 Å². The topological polar surface area (TPSA) is 55.1 Å². The molecule has 1 atom stereocenters. The Balaban J connectivity index is 1.49. The minimum atomic E-state index is -0.505. The van der Waals surface area contributed by atoms with Gasteiger partial charge < -0.3 is 14.8 Å². The van der Waals surface area contributed by atoms with Crippen LogP contribution in [0.4, 0.5) is 9.18 Å². The van der Waals surface area contributed by atoms with E-state index >= 15 is 0 Å². The van der Waals surface area contributed by atoms with Crippen LogP contribution in [-0.2, 0) is 19.5 Å². The number of para-hydroxylation sites is 1. The molecule has 5 aromatic rings. The van der Waals surface area contributed by atoms with Gasteiger partial charge in [0.2, 0.25) is 0 Å². The molecule has 1 aliphatic heterocycles. The van der Waals surface area contributed by atoms with Crippen LogP contribution in [0.1, 0.15) is 46.6 Å². The van der Waals surface area contributed by atoms with Crippen molar-refractivity contribution in [3.05, 3.63) is 137 Å². The summed E-state index contributed by atoms with van der Waals surface area (Å²) < 4.78 is 18.6. The van der Waals surface area contributed by atoms with Crippen molar-refractivity contribution in [2.75, 3.05) is 0 Å². The molecule has 0 fully saturated rings. The number of nitrogens with zero attached hydrogens (tertiary/aromatic N) is 4. The third kappa shape index (κ3) is 4.61. The van der Waals surface area contributed by atoms with Gasteiger partial charge in [-0.3, -0.25) is 0 Å². The predicted octanol–water partition coefficient (Wildman–Crippen LogP) is 6.49. The van der Waals surface area contributed by atoms with Crippen molar-refractivity contribution in [1.82, 2.24) is 24.6 Å². The van der Waals surface area contributed by atoms with E-state index in [2.05, 4.69) is 16.8 Å². The van der Waals surface area contributed by atoms with Gasteiger partial charge >= 0.3 is 6.03 Å². The lowest BCUT2D eigenvalue weighted by Crippen LogP contribution is -2.41. The fourth-order valence-corrected chi connectivity index (χ4v) is 5.36. The van der Waals surface area contributed by atoms with Crippen molar-refractivity contribution in [3.8, 4) is 11.5 Å². The van der Waals surface area contributed by atoms with Gasteiger partial charge in [-0.15, -0.1) is 0 Å². The molecule has 0 spiro atoms. The summed E-state index contributed by atoms with van der Waals surface area (Å²) in [4.78, 5) is 15.8. The van der Waals surface area contributed by atoms with Gasteiger partial charge in [0.25, 0.3) is 0 Å². The number of rotatable bonds is 5. The van der Waals surface area contributed by atoms with E-state index in [4.69, 9.17) is 5.10 Å². The van der Waals surface area contributed by atoms with E-state index in [0.29, 0.717) is 25.1 Å². The van der Waals surface area contributed by atoms with E-state index in [9.17, 15) is 9.18 Å². The maximum Gasteiger partial charge on any atom is 0.318 e. The highest BCUT2D eigenvalue weighted by molar-refractivity contribution is 5.76. The summed E-state index contributed by atoms with van der Waals surface area (Å²) in [5.74, 6) is 0.561. The van der Waals surface area contributed by atoms with Gasteiger partial charge in [0.05, 0.1) is 29.7 Å². The lowest BCUT2D eigenvalue weighted by molar-refractivity contribution is 0.180. The summed E-state index contributed by atoms with van der Waals surface area (Å²) in [5, 5.41) is 8.10. The lowest BCUT2D eigenvalue weighted by Gasteiger charge is -2.31. The summed E-state index contributed by atoms with van der Waals surface area (Å²) in [7, 11) is 0.